The molecule has 0 heterocycles. The first-order valence-electron chi connectivity index (χ1n) is 27.7. The minimum atomic E-state index is -1.13. The van der Waals surface area contributed by atoms with Crippen molar-refractivity contribution in [3.8, 4) is 23.0 Å². The van der Waals surface area contributed by atoms with E-state index >= 15 is 0 Å². The number of primary amides is 1. The number of rotatable bonds is 39. The molecule has 4 rings (SSSR count). The average Bonchev–Trinajstić information content (AvgIpc) is 3.56. The minimum absolute atomic E-state index is 0.0120. The molecule has 0 spiro atoms. The number of hydrogen-bond acceptors (Lipinski definition) is 17. The van der Waals surface area contributed by atoms with Gasteiger partial charge in [-0.05, 0) is 155 Å². The van der Waals surface area contributed by atoms with E-state index in [1.54, 1.807) is 36.4 Å². The molecule has 0 radical (unpaired) electrons. The van der Waals surface area contributed by atoms with E-state index in [0.29, 0.717) is 80.4 Å². The Bertz CT molecular complexity index is 2910. The molecule has 0 aliphatic carbocycles. The zero-order chi connectivity index (χ0) is 61.0. The summed E-state index contributed by atoms with van der Waals surface area (Å²) >= 11 is 0. The molecule has 4 amide bonds. The molecule has 0 aliphatic heterocycles. The van der Waals surface area contributed by atoms with Gasteiger partial charge >= 0.3 is 0 Å². The monoisotopic (exact) mass is 1150 g/mol. The lowest BCUT2D eigenvalue weighted by atomic mass is 9.95. The molecule has 4 aromatic rings. The van der Waals surface area contributed by atoms with Crippen molar-refractivity contribution < 1.29 is 57.3 Å². The van der Waals surface area contributed by atoms with Crippen LogP contribution in [0.1, 0.15) is 134 Å². The summed E-state index contributed by atoms with van der Waals surface area (Å²) < 4.78 is 21.9. The van der Waals surface area contributed by atoms with Gasteiger partial charge in [0.25, 0.3) is 23.6 Å². The Morgan fingerprint density at radius 2 is 0.723 bits per heavy atom. The summed E-state index contributed by atoms with van der Waals surface area (Å²) in [5.74, 6) is -3.42. The highest BCUT2D eigenvalue weighted by Gasteiger charge is 2.29. The normalized spacial score (nSPS) is 12.4. The van der Waals surface area contributed by atoms with Crippen LogP contribution >= 0.6 is 0 Å². The van der Waals surface area contributed by atoms with Crippen molar-refractivity contribution in [1.82, 2.24) is 16.0 Å². The summed E-state index contributed by atoms with van der Waals surface area (Å²) in [7, 11) is 5.54. The van der Waals surface area contributed by atoms with Gasteiger partial charge in [-0.15, -0.1) is 0 Å². The molecule has 0 aliphatic rings. The summed E-state index contributed by atoms with van der Waals surface area (Å²) in [5.41, 5.74) is 42.1. The van der Waals surface area contributed by atoms with Crippen LogP contribution in [0.25, 0.3) is 0 Å². The Hall–Kier alpha value is -8.25. The summed E-state index contributed by atoms with van der Waals surface area (Å²) in [4.78, 5) is 114. The Morgan fingerprint density at radius 1 is 0.422 bits per heavy atom. The molecule has 4 aromatic carbocycles. The molecule has 0 saturated heterocycles. The quantitative estimate of drug-likeness (QED) is 0.0174. The fourth-order valence-corrected chi connectivity index (χ4v) is 9.30. The second-order valence-electron chi connectivity index (χ2n) is 20.1. The largest absolute Gasteiger partial charge is 0.496 e. The second-order valence-corrected chi connectivity index (χ2v) is 20.1. The maximum absolute atomic E-state index is 14.4. The van der Waals surface area contributed by atoms with Crippen LogP contribution < -0.4 is 75.0 Å². The summed E-state index contributed by atoms with van der Waals surface area (Å²) in [6.45, 7) is 1.35. The van der Waals surface area contributed by atoms with Gasteiger partial charge in [0.2, 0.25) is 0 Å². The minimum Gasteiger partial charge on any atom is -0.496 e. The summed E-state index contributed by atoms with van der Waals surface area (Å²) in [5, 5.41) is 8.55. The van der Waals surface area contributed by atoms with E-state index in [0.717, 1.165) is 6.42 Å². The molecule has 450 valence electrons. The van der Waals surface area contributed by atoms with E-state index in [1.165, 1.54) is 64.8 Å². The van der Waals surface area contributed by atoms with Crippen LogP contribution in [0.3, 0.4) is 0 Å². The molecular weight excluding hydrogens is 1070 g/mol. The van der Waals surface area contributed by atoms with Gasteiger partial charge in [-0.25, -0.2) is 0 Å². The number of carbonyl (C=O) groups is 8. The predicted molar refractivity (Wildman–Crippen MR) is 316 cm³/mol. The highest BCUT2D eigenvalue weighted by atomic mass is 16.5. The first-order valence-corrected chi connectivity index (χ1v) is 27.7. The molecule has 4 atom stereocenters. The molecule has 0 unspecified atom stereocenters. The molecule has 0 aromatic heterocycles. The van der Waals surface area contributed by atoms with Crippen LogP contribution in [-0.2, 0) is 44.9 Å². The number of nitrogens with zero attached hydrogens (tertiary/aromatic N) is 1. The van der Waals surface area contributed by atoms with Gasteiger partial charge in [-0.1, -0.05) is 30.7 Å². The van der Waals surface area contributed by atoms with E-state index in [2.05, 4.69) is 20.9 Å². The molecule has 83 heavy (non-hydrogen) atoms. The van der Waals surface area contributed by atoms with Crippen LogP contribution in [0.5, 0.6) is 23.0 Å². The molecule has 0 bridgehead atoms. The number of methoxy groups -OCH3 is 4. The van der Waals surface area contributed by atoms with Crippen molar-refractivity contribution in [3.05, 3.63) is 117 Å². The Kier molecular flexibility index (Phi) is 28.3. The molecule has 0 saturated carbocycles. The van der Waals surface area contributed by atoms with Crippen LogP contribution in [0, 0.1) is 0 Å². The molecule has 23 nitrogen and oxygen atoms in total. The number of hydrogen-bond donors (Lipinski definition) is 10. The topological polar surface area (TPSA) is 404 Å². The van der Waals surface area contributed by atoms with Crippen molar-refractivity contribution in [1.29, 1.82) is 0 Å². The number of carbonyl (C=O) groups excluding carboxylic acids is 8. The van der Waals surface area contributed by atoms with Crippen molar-refractivity contribution in [2.45, 2.75) is 120 Å². The van der Waals surface area contributed by atoms with E-state index in [4.69, 9.17) is 59.1 Å². The predicted octanol–water partition coefficient (Wildman–Crippen LogP) is 2.43. The third-order valence-electron chi connectivity index (χ3n) is 13.9. The Balaban J connectivity index is 1.58. The molecule has 0 fully saturated rings. The SMILES string of the molecule is COc1ccc(CC(=O)[C@H](CCCCN)NC(=O)c2cc(CC(=O)[C@H](CCCN=C(N)N)NC(=O)c3cc(CC(=O)[C@H](CCCCN)NC(=O)c4cc(CC(=O)[C@@H](N)CCCCN)ccc4OC)ccc3OC)ccc2OC)cc1C(N)=O. The fraction of sp³-hybridized carbons (Fsp3) is 0.450. The summed E-state index contributed by atoms with van der Waals surface area (Å²) in [6.07, 6.45) is 4.33. The lowest BCUT2D eigenvalue weighted by molar-refractivity contribution is -0.121. The highest BCUT2D eigenvalue weighted by Crippen LogP contribution is 2.26. The number of benzene rings is 4. The van der Waals surface area contributed by atoms with Gasteiger partial charge in [0.1, 0.15) is 23.0 Å². The van der Waals surface area contributed by atoms with Gasteiger partial charge in [0.15, 0.2) is 29.1 Å². The average molecular weight is 1150 g/mol. The Labute approximate surface area is 484 Å². The zero-order valence-corrected chi connectivity index (χ0v) is 48.1. The van der Waals surface area contributed by atoms with Crippen molar-refractivity contribution >= 4 is 52.7 Å². The summed E-state index contributed by atoms with van der Waals surface area (Å²) in [6, 6.07) is 14.9. The smallest absolute Gasteiger partial charge is 0.255 e. The molecule has 17 N–H and O–H groups in total. The number of nitrogens with two attached hydrogens (primary N) is 7. The van der Waals surface area contributed by atoms with Gasteiger partial charge in [0, 0.05) is 32.2 Å². The maximum atomic E-state index is 14.4. The van der Waals surface area contributed by atoms with Gasteiger partial charge in [-0.2, -0.15) is 0 Å². The number of unbranched alkanes of at least 4 members (excludes halogenated alkanes) is 3. The van der Waals surface area contributed by atoms with Crippen molar-refractivity contribution in [2.24, 2.45) is 45.1 Å². The molecular formula is C60H83N11O12. The van der Waals surface area contributed by atoms with Gasteiger partial charge < -0.3 is 75.0 Å². The standard InChI is InChI=1S/C60H83N11O12/c1-80-52-20-16-36(28-40(52)56(65)76)33-49(73)45(13-6-9-25-62)69-58(78)42-31-39(19-23-54(42)82-3)35-51(75)47(15-11-27-68-60(66)67)71-59(79)43-30-38(18-22-55(43)83-4)34-50(74)46(14-7-10-26-63)70-57(77)41-29-37(17-21-53(41)81-2)32-48(72)44(64)12-5-8-24-61/h16-23,28-31,44-47H,5-15,24-27,32-35,61-64H2,1-4H3,(H2,65,76)(H,69,78)(H,70,77)(H,71,79)(H4,66,67,68)/t44-,45-,46-,47-/m0/s1. The van der Waals surface area contributed by atoms with Gasteiger partial charge in [0.05, 0.1) is 74.9 Å². The van der Waals surface area contributed by atoms with E-state index in [1.807, 2.05) is 0 Å². The van der Waals surface area contributed by atoms with E-state index in [-0.39, 0.29) is 126 Å². The number of aliphatic imine (C=N–C) groups is 1. The van der Waals surface area contributed by atoms with Crippen LogP contribution in [0.4, 0.5) is 0 Å². The number of ketones is 4. The highest BCUT2D eigenvalue weighted by molar-refractivity contribution is 6.03. The van der Waals surface area contributed by atoms with E-state index in [9.17, 15) is 38.4 Å². The van der Waals surface area contributed by atoms with E-state index < -0.39 is 53.6 Å². The maximum Gasteiger partial charge on any atom is 0.255 e. The zero-order valence-electron chi connectivity index (χ0n) is 48.1. The second kappa shape index (κ2) is 34.9. The number of guanidine groups is 1. The number of Topliss-reactive ketones (excluding diaryl/α,β-unsaturated/α-hetero) is 4. The van der Waals surface area contributed by atoms with Crippen LogP contribution in [-0.4, -0.2) is 132 Å². The third kappa shape index (κ3) is 21.2. The van der Waals surface area contributed by atoms with Crippen molar-refractivity contribution in [3.63, 3.8) is 0 Å². The van der Waals surface area contributed by atoms with Gasteiger partial charge in [-0.3, -0.25) is 43.3 Å². The Morgan fingerprint density at radius 3 is 1.04 bits per heavy atom. The molecule has 23 heteroatoms. The number of nitrogens with one attached hydrogen (secondary N) is 3. The first kappa shape index (κ1) is 67.3. The lowest BCUT2D eigenvalue weighted by Gasteiger charge is -2.21. The van der Waals surface area contributed by atoms with Crippen molar-refractivity contribution in [2.75, 3.05) is 54.6 Å². The third-order valence-corrected chi connectivity index (χ3v) is 13.9. The van der Waals surface area contributed by atoms with Crippen LogP contribution in [0.15, 0.2) is 77.8 Å². The first-order chi connectivity index (χ1) is 39.8. The number of amides is 4. The fourth-order valence-electron chi connectivity index (χ4n) is 9.30. The lowest BCUT2D eigenvalue weighted by Crippen LogP contribution is -2.42. The number of ether oxygens (including phenoxy) is 4. The van der Waals surface area contributed by atoms with Crippen LogP contribution in [0.2, 0.25) is 0 Å².